The van der Waals surface area contributed by atoms with Crippen molar-refractivity contribution in [3.8, 4) is 0 Å². The van der Waals surface area contributed by atoms with Crippen molar-refractivity contribution >= 4 is 5.78 Å². The van der Waals surface area contributed by atoms with Gasteiger partial charge in [0.2, 0.25) is 0 Å². The van der Waals surface area contributed by atoms with Gasteiger partial charge in [0, 0.05) is 25.0 Å². The molecule has 0 aromatic carbocycles. The van der Waals surface area contributed by atoms with Gasteiger partial charge in [-0.3, -0.25) is 9.48 Å². The van der Waals surface area contributed by atoms with E-state index in [1.807, 2.05) is 30.8 Å². The van der Waals surface area contributed by atoms with E-state index in [-0.39, 0.29) is 5.92 Å². The Morgan fingerprint density at radius 3 is 2.53 bits per heavy atom. The predicted octanol–water partition coefficient (Wildman–Crippen LogP) is 3.40. The van der Waals surface area contributed by atoms with Crippen LogP contribution in [-0.2, 0) is 11.2 Å². The van der Waals surface area contributed by atoms with Gasteiger partial charge in [-0.1, -0.05) is 27.7 Å². The molecule has 0 fully saturated rings. The van der Waals surface area contributed by atoms with Crippen LogP contribution in [0.2, 0.25) is 0 Å². The Morgan fingerprint density at radius 1 is 1.35 bits per heavy atom. The van der Waals surface area contributed by atoms with Crippen molar-refractivity contribution < 1.29 is 4.79 Å². The van der Waals surface area contributed by atoms with Crippen LogP contribution in [0.15, 0.2) is 12.3 Å². The average Bonchev–Trinajstić information content (AvgIpc) is 2.78. The monoisotopic (exact) mass is 236 g/mol. The maximum atomic E-state index is 11.5. The molecule has 0 N–H and O–H groups in total. The molecule has 0 bridgehead atoms. The molecule has 0 saturated heterocycles. The van der Waals surface area contributed by atoms with Gasteiger partial charge in [0.25, 0.3) is 0 Å². The average molecular weight is 236 g/mol. The number of Topliss-reactive ketones (excluding diaryl/α,β-unsaturated/α-hetero) is 1. The molecule has 3 nitrogen and oxygen atoms in total. The van der Waals surface area contributed by atoms with Crippen LogP contribution in [0.4, 0.5) is 0 Å². The molecule has 1 aromatic heterocycles. The van der Waals surface area contributed by atoms with Gasteiger partial charge in [0.15, 0.2) is 0 Å². The van der Waals surface area contributed by atoms with E-state index in [0.717, 1.165) is 25.0 Å². The molecule has 96 valence electrons. The molecule has 3 heteroatoms. The van der Waals surface area contributed by atoms with Crippen LogP contribution < -0.4 is 0 Å². The first-order chi connectivity index (χ1) is 8.12. The third-order valence-electron chi connectivity index (χ3n) is 3.39. The summed E-state index contributed by atoms with van der Waals surface area (Å²) in [7, 11) is 0. The highest BCUT2D eigenvalue weighted by Gasteiger charge is 2.14. The number of rotatable bonds is 7. The number of hydrogen-bond acceptors (Lipinski definition) is 2. The van der Waals surface area contributed by atoms with Crippen molar-refractivity contribution in [3.63, 3.8) is 0 Å². The second-order valence-corrected chi connectivity index (χ2v) is 4.68. The summed E-state index contributed by atoms with van der Waals surface area (Å²) in [5.41, 5.74) is 1.03. The molecule has 1 unspecified atom stereocenters. The summed E-state index contributed by atoms with van der Waals surface area (Å²) in [6, 6.07) is 2.53. The van der Waals surface area contributed by atoms with Crippen LogP contribution in [0.3, 0.4) is 0 Å². The molecule has 0 aliphatic heterocycles. The molecule has 0 spiro atoms. The molecule has 1 rings (SSSR count). The minimum Gasteiger partial charge on any atom is -0.299 e. The van der Waals surface area contributed by atoms with Gasteiger partial charge in [0.05, 0.1) is 11.7 Å². The Hall–Kier alpha value is -1.12. The molecule has 0 aliphatic carbocycles. The molecule has 1 heterocycles. The fourth-order valence-corrected chi connectivity index (χ4v) is 2.13. The quantitative estimate of drug-likeness (QED) is 0.727. The second kappa shape index (κ2) is 6.58. The van der Waals surface area contributed by atoms with Gasteiger partial charge in [-0.05, 0) is 18.9 Å². The lowest BCUT2D eigenvalue weighted by molar-refractivity contribution is -0.122. The van der Waals surface area contributed by atoms with Crippen molar-refractivity contribution in [2.24, 2.45) is 5.92 Å². The molecule has 1 aromatic rings. The standard InChI is InChI=1S/C14H24N2O/c1-5-13(6-2)16-9-8-12(15-16)10-11(4)14(17)7-3/h8-9,11,13H,5-7,10H2,1-4H3. The summed E-state index contributed by atoms with van der Waals surface area (Å²) in [5, 5.41) is 4.57. The summed E-state index contributed by atoms with van der Waals surface area (Å²) in [6.45, 7) is 8.26. The first kappa shape index (κ1) is 13.9. The third-order valence-corrected chi connectivity index (χ3v) is 3.39. The molecule has 0 amide bonds. The number of nitrogens with zero attached hydrogens (tertiary/aromatic N) is 2. The number of carbonyl (C=O) groups excluding carboxylic acids is 1. The smallest absolute Gasteiger partial charge is 0.135 e. The minimum absolute atomic E-state index is 0.0880. The number of hydrogen-bond donors (Lipinski definition) is 0. The van der Waals surface area contributed by atoms with Gasteiger partial charge < -0.3 is 0 Å². The maximum absolute atomic E-state index is 11.5. The van der Waals surface area contributed by atoms with E-state index >= 15 is 0 Å². The van der Waals surface area contributed by atoms with E-state index in [2.05, 4.69) is 18.9 Å². The number of ketones is 1. The van der Waals surface area contributed by atoms with Crippen molar-refractivity contribution in [3.05, 3.63) is 18.0 Å². The fraction of sp³-hybridized carbons (Fsp3) is 0.714. The van der Waals surface area contributed by atoms with Crippen LogP contribution in [0.5, 0.6) is 0 Å². The molecule has 0 aliphatic rings. The van der Waals surface area contributed by atoms with Gasteiger partial charge in [-0.25, -0.2) is 0 Å². The normalized spacial score (nSPS) is 13.0. The third kappa shape index (κ3) is 3.69. The predicted molar refractivity (Wildman–Crippen MR) is 70.0 cm³/mol. The SMILES string of the molecule is CCC(=O)C(C)Cc1ccn(C(CC)CC)n1. The highest BCUT2D eigenvalue weighted by atomic mass is 16.1. The minimum atomic E-state index is 0.0880. The van der Waals surface area contributed by atoms with E-state index < -0.39 is 0 Å². The van der Waals surface area contributed by atoms with E-state index in [0.29, 0.717) is 18.2 Å². The van der Waals surface area contributed by atoms with E-state index in [9.17, 15) is 4.79 Å². The molecule has 0 saturated carbocycles. The molecule has 17 heavy (non-hydrogen) atoms. The second-order valence-electron chi connectivity index (χ2n) is 4.68. The van der Waals surface area contributed by atoms with Gasteiger partial charge >= 0.3 is 0 Å². The summed E-state index contributed by atoms with van der Waals surface area (Å²) in [6.07, 6.45) is 5.62. The molecular weight excluding hydrogens is 212 g/mol. The van der Waals surface area contributed by atoms with E-state index in [4.69, 9.17) is 0 Å². The number of carbonyl (C=O) groups is 1. The Balaban J connectivity index is 2.65. The Labute approximate surface area is 104 Å². The largest absolute Gasteiger partial charge is 0.299 e. The van der Waals surface area contributed by atoms with Crippen molar-refractivity contribution in [1.29, 1.82) is 0 Å². The summed E-state index contributed by atoms with van der Waals surface area (Å²) >= 11 is 0. The first-order valence-electron chi connectivity index (χ1n) is 6.69. The lowest BCUT2D eigenvalue weighted by Gasteiger charge is -2.12. The van der Waals surface area contributed by atoms with Crippen molar-refractivity contribution in [1.82, 2.24) is 9.78 Å². The summed E-state index contributed by atoms with van der Waals surface area (Å²) < 4.78 is 2.04. The lowest BCUT2D eigenvalue weighted by Crippen LogP contribution is -2.13. The van der Waals surface area contributed by atoms with Gasteiger partial charge in [0.1, 0.15) is 5.78 Å². The zero-order valence-electron chi connectivity index (χ0n) is 11.4. The Kier molecular flexibility index (Phi) is 5.39. The first-order valence-corrected chi connectivity index (χ1v) is 6.69. The van der Waals surface area contributed by atoms with Crippen LogP contribution >= 0.6 is 0 Å². The Morgan fingerprint density at radius 2 is 2.00 bits per heavy atom. The van der Waals surface area contributed by atoms with E-state index in [1.54, 1.807) is 0 Å². The van der Waals surface area contributed by atoms with Crippen LogP contribution in [0, 0.1) is 5.92 Å². The van der Waals surface area contributed by atoms with Crippen LogP contribution in [0.25, 0.3) is 0 Å². The molecule has 0 radical (unpaired) electrons. The zero-order chi connectivity index (χ0) is 12.8. The Bertz CT molecular complexity index is 353. The molecular formula is C14H24N2O. The van der Waals surface area contributed by atoms with E-state index in [1.165, 1.54) is 0 Å². The molecule has 1 atom stereocenters. The highest BCUT2D eigenvalue weighted by Crippen LogP contribution is 2.16. The van der Waals surface area contributed by atoms with Gasteiger partial charge in [-0.2, -0.15) is 5.10 Å². The lowest BCUT2D eigenvalue weighted by atomic mass is 9.99. The highest BCUT2D eigenvalue weighted by molar-refractivity contribution is 5.80. The van der Waals surface area contributed by atoms with Gasteiger partial charge in [-0.15, -0.1) is 0 Å². The zero-order valence-corrected chi connectivity index (χ0v) is 11.4. The number of aromatic nitrogens is 2. The topological polar surface area (TPSA) is 34.9 Å². The van der Waals surface area contributed by atoms with Crippen LogP contribution in [-0.4, -0.2) is 15.6 Å². The fourth-order valence-electron chi connectivity index (χ4n) is 2.13. The summed E-state index contributed by atoms with van der Waals surface area (Å²) in [5.74, 6) is 0.409. The van der Waals surface area contributed by atoms with Crippen molar-refractivity contribution in [2.75, 3.05) is 0 Å². The van der Waals surface area contributed by atoms with Crippen LogP contribution in [0.1, 0.15) is 58.7 Å². The van der Waals surface area contributed by atoms with Crippen molar-refractivity contribution in [2.45, 2.75) is 59.4 Å². The maximum Gasteiger partial charge on any atom is 0.135 e. The summed E-state index contributed by atoms with van der Waals surface area (Å²) in [4.78, 5) is 11.5.